The van der Waals surface area contributed by atoms with E-state index in [-0.39, 0.29) is 19.0 Å². The molecule has 3 nitrogen and oxygen atoms in total. The molecule has 2 rings (SSSR count). The molecule has 20 heavy (non-hydrogen) atoms. The summed E-state index contributed by atoms with van der Waals surface area (Å²) in [6, 6.07) is 7.83. The summed E-state index contributed by atoms with van der Waals surface area (Å²) in [7, 11) is 0. The van der Waals surface area contributed by atoms with Gasteiger partial charge in [0.1, 0.15) is 5.82 Å². The Morgan fingerprint density at radius 2 is 2.20 bits per heavy atom. The summed E-state index contributed by atoms with van der Waals surface area (Å²) in [6.45, 7) is 0.182. The SMILES string of the molecule is O=C(O)CC(NCc1c(F)cccc1Cl)c1cccs1. The van der Waals surface area contributed by atoms with Gasteiger partial charge in [0, 0.05) is 22.0 Å². The highest BCUT2D eigenvalue weighted by Gasteiger charge is 2.17. The van der Waals surface area contributed by atoms with E-state index in [0.717, 1.165) is 4.88 Å². The van der Waals surface area contributed by atoms with Gasteiger partial charge < -0.3 is 10.4 Å². The molecule has 0 fully saturated rings. The third-order valence-corrected chi connectivity index (χ3v) is 4.19. The molecular formula is C14H13ClFNO2S. The molecule has 0 saturated heterocycles. The first kappa shape index (κ1) is 15.0. The number of rotatable bonds is 6. The summed E-state index contributed by atoms with van der Waals surface area (Å²) in [5.41, 5.74) is 0.348. The van der Waals surface area contributed by atoms with Gasteiger partial charge in [-0.1, -0.05) is 23.7 Å². The first-order chi connectivity index (χ1) is 9.58. The van der Waals surface area contributed by atoms with E-state index < -0.39 is 11.8 Å². The van der Waals surface area contributed by atoms with Gasteiger partial charge in [-0.05, 0) is 23.6 Å². The summed E-state index contributed by atoms with van der Waals surface area (Å²) in [5.74, 6) is -1.30. The lowest BCUT2D eigenvalue weighted by Crippen LogP contribution is -2.23. The van der Waals surface area contributed by atoms with Crippen LogP contribution in [-0.4, -0.2) is 11.1 Å². The first-order valence-electron chi connectivity index (χ1n) is 5.99. The van der Waals surface area contributed by atoms with Crippen molar-refractivity contribution in [3.63, 3.8) is 0 Å². The molecule has 0 aliphatic heterocycles. The Hall–Kier alpha value is -1.43. The summed E-state index contributed by atoms with van der Waals surface area (Å²) < 4.78 is 13.7. The maximum Gasteiger partial charge on any atom is 0.305 e. The van der Waals surface area contributed by atoms with E-state index in [1.165, 1.54) is 23.5 Å². The highest BCUT2D eigenvalue weighted by Crippen LogP contribution is 2.24. The van der Waals surface area contributed by atoms with Crippen LogP contribution in [0.5, 0.6) is 0 Å². The lowest BCUT2D eigenvalue weighted by atomic mass is 10.1. The summed E-state index contributed by atoms with van der Waals surface area (Å²) in [5, 5.41) is 14.2. The normalized spacial score (nSPS) is 12.3. The molecule has 2 aromatic rings. The number of carboxylic acids is 1. The van der Waals surface area contributed by atoms with Crippen molar-refractivity contribution < 1.29 is 14.3 Å². The lowest BCUT2D eigenvalue weighted by molar-refractivity contribution is -0.137. The van der Waals surface area contributed by atoms with Gasteiger partial charge in [-0.25, -0.2) is 4.39 Å². The molecule has 1 aromatic carbocycles. The molecule has 1 aromatic heterocycles. The molecule has 1 atom stereocenters. The summed E-state index contributed by atoms with van der Waals surface area (Å²) in [4.78, 5) is 11.8. The van der Waals surface area contributed by atoms with E-state index >= 15 is 0 Å². The molecule has 2 N–H and O–H groups in total. The van der Waals surface area contributed by atoms with Crippen LogP contribution >= 0.6 is 22.9 Å². The topological polar surface area (TPSA) is 49.3 Å². The van der Waals surface area contributed by atoms with E-state index in [1.54, 1.807) is 6.07 Å². The minimum Gasteiger partial charge on any atom is -0.481 e. The van der Waals surface area contributed by atoms with Crippen molar-refractivity contribution in [2.24, 2.45) is 0 Å². The van der Waals surface area contributed by atoms with Crippen molar-refractivity contribution >= 4 is 28.9 Å². The molecule has 106 valence electrons. The van der Waals surface area contributed by atoms with Gasteiger partial charge in [0.15, 0.2) is 0 Å². The van der Waals surface area contributed by atoms with Crippen LogP contribution in [-0.2, 0) is 11.3 Å². The molecule has 0 aliphatic carbocycles. The number of carboxylic acid groups (broad SMARTS) is 1. The largest absolute Gasteiger partial charge is 0.481 e. The van der Waals surface area contributed by atoms with Crippen molar-refractivity contribution in [3.05, 3.63) is 57.0 Å². The Kier molecular flexibility index (Phi) is 5.11. The van der Waals surface area contributed by atoms with Crippen molar-refractivity contribution in [2.75, 3.05) is 0 Å². The summed E-state index contributed by atoms with van der Waals surface area (Å²) in [6.07, 6.45) is -0.0629. The number of thiophene rings is 1. The van der Waals surface area contributed by atoms with Crippen LogP contribution in [0.2, 0.25) is 5.02 Å². The standard InChI is InChI=1S/C14H13ClFNO2S/c15-10-3-1-4-11(16)9(10)8-17-12(7-14(18)19)13-5-2-6-20-13/h1-6,12,17H,7-8H2,(H,18,19). The van der Waals surface area contributed by atoms with Crippen molar-refractivity contribution in [3.8, 4) is 0 Å². The fraction of sp³-hybridized carbons (Fsp3) is 0.214. The second-order valence-corrected chi connectivity index (χ2v) is 5.63. The number of halogens is 2. The zero-order chi connectivity index (χ0) is 14.5. The predicted octanol–water partition coefficient (Wildman–Crippen LogP) is 3.85. The zero-order valence-electron chi connectivity index (χ0n) is 10.5. The average Bonchev–Trinajstić information content (AvgIpc) is 2.90. The van der Waals surface area contributed by atoms with Gasteiger partial charge >= 0.3 is 5.97 Å². The number of aliphatic carboxylic acids is 1. The van der Waals surface area contributed by atoms with Crippen LogP contribution in [0.4, 0.5) is 4.39 Å². The Morgan fingerprint density at radius 1 is 1.40 bits per heavy atom. The fourth-order valence-electron chi connectivity index (χ4n) is 1.86. The second kappa shape index (κ2) is 6.83. The van der Waals surface area contributed by atoms with Crippen LogP contribution in [0.3, 0.4) is 0 Å². The Labute approximate surface area is 125 Å². The molecule has 1 unspecified atom stereocenters. The van der Waals surface area contributed by atoms with E-state index in [4.69, 9.17) is 16.7 Å². The van der Waals surface area contributed by atoms with Crippen molar-refractivity contribution in [1.29, 1.82) is 0 Å². The fourth-order valence-corrected chi connectivity index (χ4v) is 2.90. The number of carbonyl (C=O) groups is 1. The lowest BCUT2D eigenvalue weighted by Gasteiger charge is -2.16. The second-order valence-electron chi connectivity index (χ2n) is 4.25. The maximum atomic E-state index is 13.7. The number of hydrogen-bond donors (Lipinski definition) is 2. The predicted molar refractivity (Wildman–Crippen MR) is 77.6 cm³/mol. The molecule has 0 amide bonds. The van der Waals surface area contributed by atoms with Gasteiger partial charge in [-0.3, -0.25) is 4.79 Å². The van der Waals surface area contributed by atoms with Gasteiger partial charge in [-0.15, -0.1) is 11.3 Å². The molecule has 0 saturated carbocycles. The van der Waals surface area contributed by atoms with Crippen LogP contribution in [0.25, 0.3) is 0 Å². The number of benzene rings is 1. The molecule has 1 heterocycles. The maximum absolute atomic E-state index is 13.7. The molecular weight excluding hydrogens is 301 g/mol. The monoisotopic (exact) mass is 313 g/mol. The molecule has 0 aliphatic rings. The van der Waals surface area contributed by atoms with Crippen LogP contribution < -0.4 is 5.32 Å². The van der Waals surface area contributed by atoms with Gasteiger partial charge in [0.2, 0.25) is 0 Å². The Bertz CT molecular complexity index is 569. The third kappa shape index (κ3) is 3.79. The zero-order valence-corrected chi connectivity index (χ0v) is 12.0. The van der Waals surface area contributed by atoms with Gasteiger partial charge in [0.05, 0.1) is 12.5 Å². The number of hydrogen-bond acceptors (Lipinski definition) is 3. The molecule has 0 bridgehead atoms. The van der Waals surface area contributed by atoms with Gasteiger partial charge in [0.25, 0.3) is 0 Å². The Balaban J connectivity index is 2.11. The Morgan fingerprint density at radius 3 is 2.80 bits per heavy atom. The van der Waals surface area contributed by atoms with E-state index in [9.17, 15) is 9.18 Å². The summed E-state index contributed by atoms with van der Waals surface area (Å²) >= 11 is 7.41. The minimum absolute atomic E-state index is 0.0629. The quantitative estimate of drug-likeness (QED) is 0.851. The highest BCUT2D eigenvalue weighted by atomic mass is 35.5. The van der Waals surface area contributed by atoms with Crippen molar-refractivity contribution in [1.82, 2.24) is 5.32 Å². The molecule has 0 spiro atoms. The van der Waals surface area contributed by atoms with Crippen LogP contribution in [0.1, 0.15) is 22.9 Å². The van der Waals surface area contributed by atoms with Crippen LogP contribution in [0, 0.1) is 5.82 Å². The number of nitrogens with one attached hydrogen (secondary N) is 1. The van der Waals surface area contributed by atoms with Crippen LogP contribution in [0.15, 0.2) is 35.7 Å². The van der Waals surface area contributed by atoms with E-state index in [0.29, 0.717) is 10.6 Å². The van der Waals surface area contributed by atoms with Crippen molar-refractivity contribution in [2.45, 2.75) is 19.0 Å². The average molecular weight is 314 g/mol. The van der Waals surface area contributed by atoms with E-state index in [1.807, 2.05) is 17.5 Å². The van der Waals surface area contributed by atoms with Gasteiger partial charge in [-0.2, -0.15) is 0 Å². The molecule has 6 heteroatoms. The molecule has 0 radical (unpaired) electrons. The minimum atomic E-state index is -0.907. The smallest absolute Gasteiger partial charge is 0.305 e. The highest BCUT2D eigenvalue weighted by molar-refractivity contribution is 7.10. The first-order valence-corrected chi connectivity index (χ1v) is 7.25. The van der Waals surface area contributed by atoms with E-state index in [2.05, 4.69) is 5.32 Å². The third-order valence-electron chi connectivity index (χ3n) is 2.85.